The van der Waals surface area contributed by atoms with E-state index < -0.39 is 0 Å². The van der Waals surface area contributed by atoms with Crippen LogP contribution in [0.1, 0.15) is 5.56 Å². The summed E-state index contributed by atoms with van der Waals surface area (Å²) < 4.78 is 7.55. The number of aryl methyl sites for hydroxylation is 1. The Balaban J connectivity index is 1.46. The molecule has 0 aliphatic rings. The fourth-order valence-electron chi connectivity index (χ4n) is 2.13. The van der Waals surface area contributed by atoms with Crippen molar-refractivity contribution >= 4 is 11.7 Å². The molecular weight excluding hydrogens is 318 g/mol. The van der Waals surface area contributed by atoms with E-state index in [0.717, 1.165) is 5.56 Å². The number of anilines is 1. The van der Waals surface area contributed by atoms with Crippen molar-refractivity contribution in [3.8, 4) is 11.6 Å². The molecule has 2 heterocycles. The number of rotatable bonds is 6. The number of benzene rings is 1. The Labute approximate surface area is 145 Å². The minimum atomic E-state index is -0.256. The summed E-state index contributed by atoms with van der Waals surface area (Å²) in [6.07, 6.45) is 7.01. The Kier molecular flexibility index (Phi) is 5.26. The number of pyridine rings is 1. The summed E-state index contributed by atoms with van der Waals surface area (Å²) in [6.45, 7) is 3.16. The fourth-order valence-corrected chi connectivity index (χ4v) is 2.13. The number of nitrogens with zero attached hydrogens (tertiary/aromatic N) is 3. The lowest BCUT2D eigenvalue weighted by molar-refractivity contribution is 0.251. The number of hydrogen-bond donors (Lipinski definition) is 2. The van der Waals surface area contributed by atoms with E-state index in [1.807, 2.05) is 29.8 Å². The van der Waals surface area contributed by atoms with Crippen LogP contribution in [0.15, 0.2) is 61.3 Å². The number of imidazole rings is 1. The zero-order valence-electron chi connectivity index (χ0n) is 13.8. The second-order valence-corrected chi connectivity index (χ2v) is 5.48. The van der Waals surface area contributed by atoms with Crippen LogP contribution in [-0.4, -0.2) is 27.1 Å². The normalized spacial score (nSPS) is 10.3. The second kappa shape index (κ2) is 7.96. The van der Waals surface area contributed by atoms with Gasteiger partial charge in [-0.3, -0.25) is 0 Å². The maximum absolute atomic E-state index is 11.9. The standard InChI is InChI=1S/C18H19N5O2/c1-14-2-7-17(21-12-14)25-16-5-3-15(4-6-16)22-18(24)20-9-11-23-10-8-19-13-23/h2-8,10,12-13H,9,11H2,1H3,(H2,20,22,24). The Morgan fingerprint density at radius 2 is 2.04 bits per heavy atom. The summed E-state index contributed by atoms with van der Waals surface area (Å²) in [7, 11) is 0. The Bertz CT molecular complexity index is 798. The molecule has 2 N–H and O–H groups in total. The lowest BCUT2D eigenvalue weighted by Crippen LogP contribution is -2.31. The first-order valence-corrected chi connectivity index (χ1v) is 7.90. The molecule has 7 heteroatoms. The van der Waals surface area contributed by atoms with Gasteiger partial charge in [-0.05, 0) is 36.8 Å². The van der Waals surface area contributed by atoms with Crippen LogP contribution < -0.4 is 15.4 Å². The Morgan fingerprint density at radius 3 is 2.72 bits per heavy atom. The van der Waals surface area contributed by atoms with Crippen LogP contribution in [0.25, 0.3) is 0 Å². The summed E-state index contributed by atoms with van der Waals surface area (Å²) in [6, 6.07) is 10.6. The van der Waals surface area contributed by atoms with Gasteiger partial charge >= 0.3 is 6.03 Å². The maximum atomic E-state index is 11.9. The van der Waals surface area contributed by atoms with E-state index in [4.69, 9.17) is 4.74 Å². The number of carbonyl (C=O) groups is 1. The van der Waals surface area contributed by atoms with Gasteiger partial charge in [-0.2, -0.15) is 0 Å². The van der Waals surface area contributed by atoms with E-state index in [9.17, 15) is 4.79 Å². The summed E-state index contributed by atoms with van der Waals surface area (Å²) >= 11 is 0. The molecule has 0 atom stereocenters. The number of urea groups is 1. The number of aromatic nitrogens is 3. The molecule has 2 aromatic heterocycles. The average Bonchev–Trinajstić information content (AvgIpc) is 3.12. The summed E-state index contributed by atoms with van der Waals surface area (Å²) in [5.74, 6) is 1.19. The third kappa shape index (κ3) is 5.07. The van der Waals surface area contributed by atoms with Gasteiger partial charge in [0.05, 0.1) is 6.33 Å². The van der Waals surface area contributed by atoms with Crippen LogP contribution >= 0.6 is 0 Å². The van der Waals surface area contributed by atoms with Crippen molar-refractivity contribution in [1.82, 2.24) is 19.9 Å². The Morgan fingerprint density at radius 1 is 1.20 bits per heavy atom. The molecule has 0 saturated carbocycles. The minimum absolute atomic E-state index is 0.256. The number of nitrogens with one attached hydrogen (secondary N) is 2. The topological polar surface area (TPSA) is 81.1 Å². The molecule has 2 amide bonds. The average molecular weight is 337 g/mol. The third-order valence-electron chi connectivity index (χ3n) is 3.43. The van der Waals surface area contributed by atoms with Gasteiger partial charge in [-0.15, -0.1) is 0 Å². The molecular formula is C18H19N5O2. The first-order chi connectivity index (χ1) is 12.2. The molecule has 0 aliphatic heterocycles. The van der Waals surface area contributed by atoms with Gasteiger partial charge in [0.25, 0.3) is 0 Å². The third-order valence-corrected chi connectivity index (χ3v) is 3.43. The zero-order valence-corrected chi connectivity index (χ0v) is 13.8. The van der Waals surface area contributed by atoms with Crippen LogP contribution in [0.3, 0.4) is 0 Å². The van der Waals surface area contributed by atoms with Crippen LogP contribution in [0.5, 0.6) is 11.6 Å². The second-order valence-electron chi connectivity index (χ2n) is 5.48. The SMILES string of the molecule is Cc1ccc(Oc2ccc(NC(=O)NCCn3ccnc3)cc2)nc1. The molecule has 0 unspecified atom stereocenters. The Hall–Kier alpha value is -3.35. The summed E-state index contributed by atoms with van der Waals surface area (Å²) in [5, 5.41) is 5.56. The van der Waals surface area contributed by atoms with Gasteiger partial charge in [0, 0.05) is 43.4 Å². The highest BCUT2D eigenvalue weighted by Crippen LogP contribution is 2.21. The van der Waals surface area contributed by atoms with Crippen molar-refractivity contribution in [2.45, 2.75) is 13.5 Å². The molecule has 0 bridgehead atoms. The van der Waals surface area contributed by atoms with Crippen molar-refractivity contribution < 1.29 is 9.53 Å². The van der Waals surface area contributed by atoms with Crippen LogP contribution in [0.2, 0.25) is 0 Å². The molecule has 25 heavy (non-hydrogen) atoms. The van der Waals surface area contributed by atoms with Gasteiger partial charge < -0.3 is 19.9 Å². The van der Waals surface area contributed by atoms with E-state index >= 15 is 0 Å². The van der Waals surface area contributed by atoms with Crippen LogP contribution in [-0.2, 0) is 6.54 Å². The van der Waals surface area contributed by atoms with Crippen molar-refractivity contribution in [2.24, 2.45) is 0 Å². The molecule has 0 aliphatic carbocycles. The van der Waals surface area contributed by atoms with Crippen molar-refractivity contribution in [3.05, 3.63) is 66.9 Å². The number of ether oxygens (including phenoxy) is 1. The number of hydrogen-bond acceptors (Lipinski definition) is 4. The molecule has 0 radical (unpaired) electrons. The molecule has 128 valence electrons. The zero-order chi connectivity index (χ0) is 17.5. The monoisotopic (exact) mass is 337 g/mol. The van der Waals surface area contributed by atoms with Gasteiger partial charge in [0.2, 0.25) is 5.88 Å². The van der Waals surface area contributed by atoms with Crippen molar-refractivity contribution in [1.29, 1.82) is 0 Å². The van der Waals surface area contributed by atoms with Crippen LogP contribution in [0.4, 0.5) is 10.5 Å². The first-order valence-electron chi connectivity index (χ1n) is 7.90. The molecule has 3 rings (SSSR count). The first kappa shape index (κ1) is 16.5. The molecule has 1 aromatic carbocycles. The van der Waals surface area contributed by atoms with E-state index in [1.54, 1.807) is 43.0 Å². The maximum Gasteiger partial charge on any atom is 0.319 e. The van der Waals surface area contributed by atoms with E-state index in [0.29, 0.717) is 30.4 Å². The van der Waals surface area contributed by atoms with E-state index in [1.165, 1.54) is 0 Å². The molecule has 3 aromatic rings. The van der Waals surface area contributed by atoms with E-state index in [-0.39, 0.29) is 6.03 Å². The highest BCUT2D eigenvalue weighted by molar-refractivity contribution is 5.89. The predicted octanol–water partition coefficient (Wildman–Crippen LogP) is 3.20. The summed E-state index contributed by atoms with van der Waals surface area (Å²) in [5.41, 5.74) is 1.76. The van der Waals surface area contributed by atoms with Crippen molar-refractivity contribution in [2.75, 3.05) is 11.9 Å². The van der Waals surface area contributed by atoms with Crippen LogP contribution in [0, 0.1) is 6.92 Å². The number of amides is 2. The van der Waals surface area contributed by atoms with Crippen molar-refractivity contribution in [3.63, 3.8) is 0 Å². The predicted molar refractivity (Wildman–Crippen MR) is 94.7 cm³/mol. The lowest BCUT2D eigenvalue weighted by atomic mass is 10.3. The number of carbonyl (C=O) groups excluding carboxylic acids is 1. The van der Waals surface area contributed by atoms with E-state index in [2.05, 4.69) is 20.6 Å². The van der Waals surface area contributed by atoms with Gasteiger partial charge in [0.1, 0.15) is 5.75 Å². The minimum Gasteiger partial charge on any atom is -0.439 e. The molecule has 0 fully saturated rings. The van der Waals surface area contributed by atoms with Gasteiger partial charge in [-0.1, -0.05) is 6.07 Å². The summed E-state index contributed by atoms with van der Waals surface area (Å²) in [4.78, 5) is 20.0. The van der Waals surface area contributed by atoms with Gasteiger partial charge in [-0.25, -0.2) is 14.8 Å². The quantitative estimate of drug-likeness (QED) is 0.724. The lowest BCUT2D eigenvalue weighted by Gasteiger charge is -2.09. The van der Waals surface area contributed by atoms with Gasteiger partial charge in [0.15, 0.2) is 0 Å². The highest BCUT2D eigenvalue weighted by Gasteiger charge is 2.03. The fraction of sp³-hybridized carbons (Fsp3) is 0.167. The largest absolute Gasteiger partial charge is 0.439 e. The molecule has 0 saturated heterocycles. The molecule has 7 nitrogen and oxygen atoms in total. The molecule has 0 spiro atoms. The smallest absolute Gasteiger partial charge is 0.319 e. The highest BCUT2D eigenvalue weighted by atomic mass is 16.5.